The van der Waals surface area contributed by atoms with Gasteiger partial charge in [0.15, 0.2) is 10.9 Å². The number of thiazole rings is 1. The topological polar surface area (TPSA) is 55.1 Å². The maximum atomic E-state index is 12.5. The number of hydrogen-bond donors (Lipinski definition) is 1. The van der Waals surface area contributed by atoms with Crippen molar-refractivity contribution in [3.63, 3.8) is 0 Å². The molecular formula is C21H13Cl3N2O2S. The number of halogens is 3. The molecule has 0 bridgehead atoms. The Kier molecular flexibility index (Phi) is 5.92. The van der Waals surface area contributed by atoms with Gasteiger partial charge < -0.3 is 4.42 Å². The summed E-state index contributed by atoms with van der Waals surface area (Å²) in [6, 6.07) is 16.1. The molecular weight excluding hydrogens is 451 g/mol. The number of carbonyl (C=O) groups excluding carboxylic acids is 1. The minimum atomic E-state index is -0.376. The quantitative estimate of drug-likeness (QED) is 0.340. The van der Waals surface area contributed by atoms with E-state index in [0.717, 1.165) is 16.0 Å². The molecule has 29 heavy (non-hydrogen) atoms. The molecule has 1 N–H and O–H groups in total. The average molecular weight is 464 g/mol. The van der Waals surface area contributed by atoms with E-state index in [9.17, 15) is 4.79 Å². The number of amides is 1. The summed E-state index contributed by atoms with van der Waals surface area (Å²) in [5.41, 5.74) is 1.74. The number of carbonyl (C=O) groups is 1. The SMILES string of the molecule is O=C(Nc1ncc(Cc2ccc(Cl)c(Cl)c2)s1)c1ccc(-c2ccccc2Cl)o1. The van der Waals surface area contributed by atoms with Crippen molar-refractivity contribution < 1.29 is 9.21 Å². The lowest BCUT2D eigenvalue weighted by Gasteiger charge is -2.01. The third-order valence-corrected chi connectivity index (χ3v) is 6.09. The van der Waals surface area contributed by atoms with Crippen molar-refractivity contribution in [2.45, 2.75) is 6.42 Å². The van der Waals surface area contributed by atoms with E-state index >= 15 is 0 Å². The summed E-state index contributed by atoms with van der Waals surface area (Å²) in [4.78, 5) is 17.7. The zero-order valence-electron chi connectivity index (χ0n) is 14.8. The number of hydrogen-bond acceptors (Lipinski definition) is 4. The Morgan fingerprint density at radius 1 is 1.00 bits per heavy atom. The predicted molar refractivity (Wildman–Crippen MR) is 118 cm³/mol. The van der Waals surface area contributed by atoms with Crippen molar-refractivity contribution in [2.24, 2.45) is 0 Å². The smallest absolute Gasteiger partial charge is 0.293 e. The Balaban J connectivity index is 1.44. The van der Waals surface area contributed by atoms with Gasteiger partial charge in [0.2, 0.25) is 0 Å². The van der Waals surface area contributed by atoms with E-state index in [2.05, 4.69) is 10.3 Å². The number of nitrogens with zero attached hydrogens (tertiary/aromatic N) is 1. The molecule has 0 aliphatic carbocycles. The first-order valence-corrected chi connectivity index (χ1v) is 10.5. The Morgan fingerprint density at radius 2 is 1.83 bits per heavy atom. The zero-order chi connectivity index (χ0) is 20.4. The van der Waals surface area contributed by atoms with Crippen LogP contribution in [0.5, 0.6) is 0 Å². The maximum Gasteiger partial charge on any atom is 0.293 e. The van der Waals surface area contributed by atoms with Gasteiger partial charge in [-0.1, -0.05) is 53.0 Å². The highest BCUT2D eigenvalue weighted by Gasteiger charge is 2.15. The Labute approximate surface area is 186 Å². The van der Waals surface area contributed by atoms with Crippen LogP contribution in [0.2, 0.25) is 15.1 Å². The van der Waals surface area contributed by atoms with Crippen molar-refractivity contribution in [1.82, 2.24) is 4.98 Å². The normalized spacial score (nSPS) is 10.9. The summed E-state index contributed by atoms with van der Waals surface area (Å²) in [6.07, 6.45) is 2.36. The lowest BCUT2D eigenvalue weighted by Crippen LogP contribution is -2.10. The standard InChI is InChI=1S/C21H13Cl3N2O2S/c22-15-4-2-1-3-14(15)18-7-8-19(28-18)20(27)26-21-25-11-13(29-21)9-12-5-6-16(23)17(24)10-12/h1-8,10-11H,9H2,(H,25,26,27). The molecule has 4 nitrogen and oxygen atoms in total. The average Bonchev–Trinajstić information content (AvgIpc) is 3.35. The van der Waals surface area contributed by atoms with E-state index in [0.29, 0.717) is 32.4 Å². The Bertz CT molecular complexity index is 1190. The monoisotopic (exact) mass is 462 g/mol. The van der Waals surface area contributed by atoms with Gasteiger partial charge in [0.25, 0.3) is 5.91 Å². The molecule has 0 unspecified atom stereocenters. The molecule has 146 valence electrons. The van der Waals surface area contributed by atoms with Crippen molar-refractivity contribution in [2.75, 3.05) is 5.32 Å². The number of benzene rings is 2. The van der Waals surface area contributed by atoms with Crippen LogP contribution in [0.25, 0.3) is 11.3 Å². The van der Waals surface area contributed by atoms with Gasteiger partial charge in [-0.15, -0.1) is 11.3 Å². The highest BCUT2D eigenvalue weighted by atomic mass is 35.5. The van der Waals surface area contributed by atoms with Gasteiger partial charge in [0.05, 0.1) is 15.1 Å². The number of rotatable bonds is 5. The second-order valence-electron chi connectivity index (χ2n) is 6.15. The molecule has 4 rings (SSSR count). The predicted octanol–water partition coefficient (Wildman–Crippen LogP) is 7.21. The van der Waals surface area contributed by atoms with E-state index in [1.54, 1.807) is 30.5 Å². The third-order valence-electron chi connectivity index (χ3n) is 4.11. The molecule has 0 saturated carbocycles. The molecule has 1 amide bonds. The van der Waals surface area contributed by atoms with E-state index in [4.69, 9.17) is 39.2 Å². The first-order valence-electron chi connectivity index (χ1n) is 8.54. The second-order valence-corrected chi connectivity index (χ2v) is 8.49. The molecule has 0 saturated heterocycles. The third kappa shape index (κ3) is 4.65. The molecule has 0 aliphatic heterocycles. The Hall–Kier alpha value is -2.31. The lowest BCUT2D eigenvalue weighted by atomic mass is 10.1. The first-order chi connectivity index (χ1) is 14.0. The summed E-state index contributed by atoms with van der Waals surface area (Å²) in [7, 11) is 0. The molecule has 2 aromatic heterocycles. The largest absolute Gasteiger partial charge is 0.451 e. The molecule has 0 radical (unpaired) electrons. The number of nitrogens with one attached hydrogen (secondary N) is 1. The fourth-order valence-corrected chi connectivity index (χ4v) is 4.11. The lowest BCUT2D eigenvalue weighted by molar-refractivity contribution is 0.0997. The van der Waals surface area contributed by atoms with Crippen LogP contribution < -0.4 is 5.32 Å². The minimum Gasteiger partial charge on any atom is -0.451 e. The second kappa shape index (κ2) is 8.59. The highest BCUT2D eigenvalue weighted by molar-refractivity contribution is 7.15. The fraction of sp³-hybridized carbons (Fsp3) is 0.0476. The van der Waals surface area contributed by atoms with E-state index in [1.165, 1.54) is 11.3 Å². The van der Waals surface area contributed by atoms with Gasteiger partial charge in [-0.25, -0.2) is 4.98 Å². The van der Waals surface area contributed by atoms with Gasteiger partial charge in [0.1, 0.15) is 5.76 Å². The van der Waals surface area contributed by atoms with Crippen LogP contribution in [-0.4, -0.2) is 10.9 Å². The zero-order valence-corrected chi connectivity index (χ0v) is 17.9. The highest BCUT2D eigenvalue weighted by Crippen LogP contribution is 2.30. The van der Waals surface area contributed by atoms with Crippen molar-refractivity contribution >= 4 is 57.2 Å². The van der Waals surface area contributed by atoms with Gasteiger partial charge in [-0.05, 0) is 42.0 Å². The van der Waals surface area contributed by atoms with Gasteiger partial charge in [-0.2, -0.15) is 0 Å². The van der Waals surface area contributed by atoms with Crippen molar-refractivity contribution in [1.29, 1.82) is 0 Å². The molecule has 0 aliphatic rings. The van der Waals surface area contributed by atoms with E-state index < -0.39 is 0 Å². The van der Waals surface area contributed by atoms with Crippen LogP contribution in [0.4, 0.5) is 5.13 Å². The summed E-state index contributed by atoms with van der Waals surface area (Å²) >= 11 is 19.6. The summed E-state index contributed by atoms with van der Waals surface area (Å²) < 4.78 is 5.66. The van der Waals surface area contributed by atoms with Crippen LogP contribution >= 0.6 is 46.1 Å². The van der Waals surface area contributed by atoms with E-state index in [-0.39, 0.29) is 11.7 Å². The van der Waals surface area contributed by atoms with Crippen LogP contribution in [0, 0.1) is 0 Å². The fourth-order valence-electron chi connectivity index (χ4n) is 2.72. The molecule has 2 aromatic carbocycles. The van der Waals surface area contributed by atoms with Crippen molar-refractivity contribution in [3.05, 3.63) is 92.1 Å². The van der Waals surface area contributed by atoms with Crippen LogP contribution in [0.1, 0.15) is 21.0 Å². The van der Waals surface area contributed by atoms with Gasteiger partial charge >= 0.3 is 0 Å². The molecule has 4 aromatic rings. The molecule has 8 heteroatoms. The van der Waals surface area contributed by atoms with E-state index in [1.807, 2.05) is 30.3 Å². The van der Waals surface area contributed by atoms with Gasteiger partial charge in [0, 0.05) is 23.1 Å². The molecule has 0 fully saturated rings. The van der Waals surface area contributed by atoms with Gasteiger partial charge in [-0.3, -0.25) is 10.1 Å². The first kappa shape index (κ1) is 20.0. The van der Waals surface area contributed by atoms with Crippen molar-refractivity contribution in [3.8, 4) is 11.3 Å². The summed E-state index contributed by atoms with van der Waals surface area (Å²) in [5.74, 6) is 0.333. The number of aromatic nitrogens is 1. The molecule has 2 heterocycles. The number of furan rings is 1. The minimum absolute atomic E-state index is 0.182. The summed E-state index contributed by atoms with van der Waals surface area (Å²) in [5, 5.41) is 4.83. The Morgan fingerprint density at radius 3 is 2.62 bits per heavy atom. The number of anilines is 1. The molecule has 0 spiro atoms. The summed E-state index contributed by atoms with van der Waals surface area (Å²) in [6.45, 7) is 0. The molecule has 0 atom stereocenters. The maximum absolute atomic E-state index is 12.5. The van der Waals surface area contributed by atoms with Crippen LogP contribution in [0.15, 0.2) is 65.2 Å². The van der Waals surface area contributed by atoms with Crippen LogP contribution in [0.3, 0.4) is 0 Å². The van der Waals surface area contributed by atoms with Crippen LogP contribution in [-0.2, 0) is 6.42 Å².